The Hall–Kier alpha value is -1.91. The minimum Gasteiger partial charge on any atom is -0.486 e. The summed E-state index contributed by atoms with van der Waals surface area (Å²) in [5, 5.41) is 5.58. The van der Waals surface area contributed by atoms with Crippen molar-refractivity contribution in [1.29, 1.82) is 0 Å². The van der Waals surface area contributed by atoms with E-state index >= 15 is 0 Å². The Morgan fingerprint density at radius 2 is 1.83 bits per heavy atom. The van der Waals surface area contributed by atoms with E-state index in [-0.39, 0.29) is 12.1 Å². The number of rotatable bonds is 2. The van der Waals surface area contributed by atoms with Crippen molar-refractivity contribution in [3.05, 3.63) is 17.7 Å². The van der Waals surface area contributed by atoms with Gasteiger partial charge in [-0.15, -0.1) is 0 Å². The van der Waals surface area contributed by atoms with Crippen molar-refractivity contribution in [2.45, 2.75) is 26.8 Å². The Balaban J connectivity index is 2.15. The number of anilines is 1. The lowest BCUT2D eigenvalue weighted by Gasteiger charge is -2.20. The SMILES string of the molecule is Cc1cc2c(cc1NC(=O)NC(C)C)OCCO2. The van der Waals surface area contributed by atoms with E-state index in [0.29, 0.717) is 19.0 Å². The quantitative estimate of drug-likeness (QED) is 0.846. The molecule has 5 nitrogen and oxygen atoms in total. The average Bonchev–Trinajstić information content (AvgIpc) is 2.29. The molecule has 1 aromatic rings. The number of carbonyl (C=O) groups excluding carboxylic acids is 1. The summed E-state index contributed by atoms with van der Waals surface area (Å²) >= 11 is 0. The lowest BCUT2D eigenvalue weighted by molar-refractivity contribution is 0.171. The Labute approximate surface area is 106 Å². The number of amides is 2. The summed E-state index contributed by atoms with van der Waals surface area (Å²) in [5.74, 6) is 1.40. The number of fused-ring (bicyclic) bond motifs is 1. The molecule has 0 spiro atoms. The smallest absolute Gasteiger partial charge is 0.319 e. The van der Waals surface area contributed by atoms with Gasteiger partial charge in [0.2, 0.25) is 0 Å². The van der Waals surface area contributed by atoms with E-state index in [0.717, 1.165) is 17.0 Å². The molecule has 0 unspecified atom stereocenters. The molecule has 0 atom stereocenters. The largest absolute Gasteiger partial charge is 0.486 e. The molecule has 2 rings (SSSR count). The molecule has 0 aromatic heterocycles. The van der Waals surface area contributed by atoms with Crippen LogP contribution in [0, 0.1) is 6.92 Å². The van der Waals surface area contributed by atoms with Crippen LogP contribution in [0.15, 0.2) is 12.1 Å². The molecule has 2 amide bonds. The second-order valence-electron chi connectivity index (χ2n) is 4.56. The van der Waals surface area contributed by atoms with Gasteiger partial charge >= 0.3 is 6.03 Å². The molecular weight excluding hydrogens is 232 g/mol. The average molecular weight is 250 g/mol. The van der Waals surface area contributed by atoms with E-state index in [2.05, 4.69) is 10.6 Å². The van der Waals surface area contributed by atoms with Crippen molar-refractivity contribution in [3.8, 4) is 11.5 Å². The molecule has 1 aliphatic rings. The van der Waals surface area contributed by atoms with Crippen LogP contribution in [0.4, 0.5) is 10.5 Å². The van der Waals surface area contributed by atoms with Gasteiger partial charge in [-0.05, 0) is 32.4 Å². The molecule has 1 aromatic carbocycles. The third-order valence-electron chi connectivity index (χ3n) is 2.56. The molecule has 0 bridgehead atoms. The first kappa shape index (κ1) is 12.5. The number of benzene rings is 1. The number of aryl methyl sites for hydroxylation is 1. The Morgan fingerprint density at radius 1 is 1.22 bits per heavy atom. The number of ether oxygens (including phenoxy) is 2. The van der Waals surface area contributed by atoms with Gasteiger partial charge in [0, 0.05) is 17.8 Å². The molecule has 0 saturated carbocycles. The second-order valence-corrected chi connectivity index (χ2v) is 4.56. The highest BCUT2D eigenvalue weighted by Gasteiger charge is 2.15. The van der Waals surface area contributed by atoms with E-state index < -0.39 is 0 Å². The van der Waals surface area contributed by atoms with Crippen LogP contribution in [0.3, 0.4) is 0 Å². The van der Waals surface area contributed by atoms with Crippen molar-refractivity contribution in [3.63, 3.8) is 0 Å². The van der Waals surface area contributed by atoms with Gasteiger partial charge in [-0.1, -0.05) is 0 Å². The first-order chi connectivity index (χ1) is 8.56. The molecule has 0 radical (unpaired) electrons. The number of carbonyl (C=O) groups is 1. The minimum atomic E-state index is -0.218. The maximum Gasteiger partial charge on any atom is 0.319 e. The van der Waals surface area contributed by atoms with Gasteiger partial charge < -0.3 is 20.1 Å². The zero-order valence-corrected chi connectivity index (χ0v) is 10.9. The molecule has 2 N–H and O–H groups in total. The van der Waals surface area contributed by atoms with Crippen LogP contribution in [0.25, 0.3) is 0 Å². The van der Waals surface area contributed by atoms with Crippen molar-refractivity contribution in [1.82, 2.24) is 5.32 Å². The zero-order valence-electron chi connectivity index (χ0n) is 10.9. The highest BCUT2D eigenvalue weighted by Crippen LogP contribution is 2.35. The van der Waals surface area contributed by atoms with Crippen LogP contribution >= 0.6 is 0 Å². The van der Waals surface area contributed by atoms with Crippen molar-refractivity contribution < 1.29 is 14.3 Å². The molecule has 1 aliphatic heterocycles. The lowest BCUT2D eigenvalue weighted by atomic mass is 10.1. The van der Waals surface area contributed by atoms with Crippen molar-refractivity contribution in [2.75, 3.05) is 18.5 Å². The third kappa shape index (κ3) is 2.85. The van der Waals surface area contributed by atoms with Crippen LogP contribution in [-0.4, -0.2) is 25.3 Å². The molecule has 18 heavy (non-hydrogen) atoms. The zero-order chi connectivity index (χ0) is 13.1. The Kier molecular flexibility index (Phi) is 3.60. The fraction of sp³-hybridized carbons (Fsp3) is 0.462. The van der Waals surface area contributed by atoms with Gasteiger partial charge in [-0.2, -0.15) is 0 Å². The predicted molar refractivity (Wildman–Crippen MR) is 69.5 cm³/mol. The number of hydrogen-bond acceptors (Lipinski definition) is 3. The summed E-state index contributed by atoms with van der Waals surface area (Å²) in [6, 6.07) is 3.55. The van der Waals surface area contributed by atoms with Gasteiger partial charge in [0.05, 0.1) is 0 Å². The molecular formula is C13H18N2O3. The lowest BCUT2D eigenvalue weighted by Crippen LogP contribution is -2.34. The maximum absolute atomic E-state index is 11.6. The molecule has 98 valence electrons. The van der Waals surface area contributed by atoms with Crippen molar-refractivity contribution in [2.24, 2.45) is 0 Å². The number of urea groups is 1. The van der Waals surface area contributed by atoms with Crippen LogP contribution in [0.2, 0.25) is 0 Å². The summed E-state index contributed by atoms with van der Waals surface area (Å²) in [6.45, 7) is 6.84. The highest BCUT2D eigenvalue weighted by molar-refractivity contribution is 5.90. The predicted octanol–water partition coefficient (Wildman–Crippen LogP) is 2.30. The summed E-state index contributed by atoms with van der Waals surface area (Å²) in [4.78, 5) is 11.6. The summed E-state index contributed by atoms with van der Waals surface area (Å²) in [5.41, 5.74) is 1.68. The van der Waals surface area contributed by atoms with Crippen LogP contribution in [0.5, 0.6) is 11.5 Å². The van der Waals surface area contributed by atoms with E-state index in [4.69, 9.17) is 9.47 Å². The van der Waals surface area contributed by atoms with Gasteiger partial charge in [0.25, 0.3) is 0 Å². The topological polar surface area (TPSA) is 59.6 Å². The normalized spacial score (nSPS) is 13.3. The number of nitrogens with one attached hydrogen (secondary N) is 2. The van der Waals surface area contributed by atoms with E-state index in [1.807, 2.05) is 26.8 Å². The maximum atomic E-state index is 11.6. The van der Waals surface area contributed by atoms with Gasteiger partial charge in [-0.3, -0.25) is 0 Å². The van der Waals surface area contributed by atoms with E-state index in [9.17, 15) is 4.79 Å². The summed E-state index contributed by atoms with van der Waals surface area (Å²) in [6.07, 6.45) is 0. The second kappa shape index (κ2) is 5.16. The molecule has 5 heteroatoms. The first-order valence-corrected chi connectivity index (χ1v) is 6.04. The molecule has 1 heterocycles. The fourth-order valence-corrected chi connectivity index (χ4v) is 1.75. The molecule has 0 aliphatic carbocycles. The van der Waals surface area contributed by atoms with Crippen LogP contribution in [-0.2, 0) is 0 Å². The molecule has 0 fully saturated rings. The highest BCUT2D eigenvalue weighted by atomic mass is 16.6. The van der Waals surface area contributed by atoms with Gasteiger partial charge in [0.1, 0.15) is 13.2 Å². The third-order valence-corrected chi connectivity index (χ3v) is 2.56. The van der Waals surface area contributed by atoms with Crippen LogP contribution < -0.4 is 20.1 Å². The van der Waals surface area contributed by atoms with Gasteiger partial charge in [-0.25, -0.2) is 4.79 Å². The molecule has 0 saturated heterocycles. The van der Waals surface area contributed by atoms with E-state index in [1.165, 1.54) is 0 Å². The first-order valence-electron chi connectivity index (χ1n) is 6.04. The van der Waals surface area contributed by atoms with Gasteiger partial charge in [0.15, 0.2) is 11.5 Å². The standard InChI is InChI=1S/C13H18N2O3/c1-8(2)14-13(16)15-10-7-12-11(6-9(10)3)17-4-5-18-12/h6-8H,4-5H2,1-3H3,(H2,14,15,16). The number of hydrogen-bond donors (Lipinski definition) is 2. The Bertz CT molecular complexity index is 458. The monoisotopic (exact) mass is 250 g/mol. The van der Waals surface area contributed by atoms with E-state index in [1.54, 1.807) is 6.07 Å². The van der Waals surface area contributed by atoms with Crippen molar-refractivity contribution >= 4 is 11.7 Å². The minimum absolute atomic E-state index is 0.0996. The Morgan fingerprint density at radius 3 is 2.44 bits per heavy atom. The fourth-order valence-electron chi connectivity index (χ4n) is 1.75. The summed E-state index contributed by atoms with van der Waals surface area (Å²) in [7, 11) is 0. The van der Waals surface area contributed by atoms with Crippen LogP contribution in [0.1, 0.15) is 19.4 Å². The summed E-state index contributed by atoms with van der Waals surface area (Å²) < 4.78 is 11.0.